The van der Waals surface area contributed by atoms with Crippen LogP contribution in [0.25, 0.3) is 10.9 Å². The first-order valence-corrected chi connectivity index (χ1v) is 10.4. The molecular formula is C21H27ClF4N4O. The van der Waals surface area contributed by atoms with E-state index in [1.54, 1.807) is 0 Å². The van der Waals surface area contributed by atoms with Gasteiger partial charge in [-0.1, -0.05) is 50.1 Å². The molecule has 172 valence electrons. The van der Waals surface area contributed by atoms with Crippen LogP contribution in [0.4, 0.5) is 28.0 Å². The molecular weight excluding hydrogens is 436 g/mol. The van der Waals surface area contributed by atoms with Crippen LogP contribution < -0.4 is 11.5 Å². The van der Waals surface area contributed by atoms with Gasteiger partial charge in [0, 0.05) is 16.1 Å². The Labute approximate surface area is 183 Å². The molecule has 2 heterocycles. The summed E-state index contributed by atoms with van der Waals surface area (Å²) in [6.07, 6.45) is 4.50. The van der Waals surface area contributed by atoms with Gasteiger partial charge in [-0.15, -0.1) is 0 Å². The summed E-state index contributed by atoms with van der Waals surface area (Å²) in [5, 5.41) is 0.821. The molecule has 10 heteroatoms. The van der Waals surface area contributed by atoms with Gasteiger partial charge in [0.05, 0.1) is 18.6 Å². The number of nitrogens with zero attached hydrogens (tertiary/aromatic N) is 2. The average molecular weight is 463 g/mol. The van der Waals surface area contributed by atoms with Gasteiger partial charge in [-0.2, -0.15) is 13.2 Å². The number of hydrogen-bond acceptors (Lipinski definition) is 3. The third kappa shape index (κ3) is 7.72. The van der Waals surface area contributed by atoms with E-state index in [1.165, 1.54) is 68.5 Å². The highest BCUT2D eigenvalue weighted by molar-refractivity contribution is 6.31. The first-order chi connectivity index (χ1) is 14.4. The number of pyridine rings is 1. The summed E-state index contributed by atoms with van der Waals surface area (Å²) >= 11 is 5.71. The summed E-state index contributed by atoms with van der Waals surface area (Å²) in [5.74, 6) is 0. The van der Waals surface area contributed by atoms with Crippen molar-refractivity contribution < 1.29 is 22.4 Å². The zero-order valence-electron chi connectivity index (χ0n) is 17.3. The van der Waals surface area contributed by atoms with Gasteiger partial charge in [0.25, 0.3) is 0 Å². The zero-order valence-corrected chi connectivity index (χ0v) is 18.1. The van der Waals surface area contributed by atoms with Gasteiger partial charge in [-0.25, -0.2) is 14.2 Å². The lowest BCUT2D eigenvalue weighted by atomic mass is 10.0. The van der Waals surface area contributed by atoms with Crippen molar-refractivity contribution >= 4 is 34.2 Å². The molecule has 2 aliphatic rings. The van der Waals surface area contributed by atoms with Crippen LogP contribution in [0.3, 0.4) is 0 Å². The molecule has 0 radical (unpaired) electrons. The minimum Gasteiger partial charge on any atom is -0.398 e. The third-order valence-corrected chi connectivity index (χ3v) is 5.18. The standard InChI is InChI=1S/C10H6ClF3N2.C6H12.C5H9FN2O/c11-5-1-2-8-6(3-5)7(15)4-9(16-8)10(12,13)14;1-2-4-6-5-3-1;1-5(6)2-8(3-5)4(7)9/h1-4H,(H2,15,16);1-6H2;2-3H2,1H3,(H2,7,9). The van der Waals surface area contributed by atoms with Crippen LogP contribution in [0, 0.1) is 0 Å². The number of nitrogens with two attached hydrogens (primary N) is 2. The molecule has 0 spiro atoms. The maximum absolute atomic E-state index is 12.6. The third-order valence-electron chi connectivity index (χ3n) is 4.95. The Hall–Kier alpha value is -2.29. The predicted molar refractivity (Wildman–Crippen MR) is 115 cm³/mol. The van der Waals surface area contributed by atoms with E-state index in [1.807, 2.05) is 0 Å². The van der Waals surface area contributed by atoms with Crippen molar-refractivity contribution in [2.45, 2.75) is 57.3 Å². The average Bonchev–Trinajstić information content (AvgIpc) is 2.68. The van der Waals surface area contributed by atoms with E-state index in [-0.39, 0.29) is 24.3 Å². The van der Waals surface area contributed by atoms with Crippen LogP contribution in [0.1, 0.15) is 51.1 Å². The van der Waals surface area contributed by atoms with Crippen molar-refractivity contribution in [2.75, 3.05) is 18.8 Å². The summed E-state index contributed by atoms with van der Waals surface area (Å²) in [6, 6.07) is 4.63. The fourth-order valence-electron chi connectivity index (χ4n) is 3.34. The van der Waals surface area contributed by atoms with E-state index in [4.69, 9.17) is 23.1 Å². The number of fused-ring (bicyclic) bond motifs is 1. The van der Waals surface area contributed by atoms with Gasteiger partial charge < -0.3 is 16.4 Å². The molecule has 5 nitrogen and oxygen atoms in total. The minimum absolute atomic E-state index is 0.0137. The van der Waals surface area contributed by atoms with Gasteiger partial charge in [-0.3, -0.25) is 0 Å². The van der Waals surface area contributed by atoms with Crippen LogP contribution in [0.15, 0.2) is 24.3 Å². The fraction of sp³-hybridized carbons (Fsp3) is 0.524. The smallest absolute Gasteiger partial charge is 0.398 e. The second-order valence-corrected chi connectivity index (χ2v) is 8.42. The molecule has 1 saturated carbocycles. The summed E-state index contributed by atoms with van der Waals surface area (Å²) < 4.78 is 49.9. The second-order valence-electron chi connectivity index (χ2n) is 7.98. The molecule has 0 atom stereocenters. The highest BCUT2D eigenvalue weighted by Crippen LogP contribution is 2.32. The van der Waals surface area contributed by atoms with Crippen LogP contribution in [0.5, 0.6) is 0 Å². The summed E-state index contributed by atoms with van der Waals surface area (Å²) in [6.45, 7) is 1.73. The monoisotopic (exact) mass is 462 g/mol. The number of primary amides is 1. The van der Waals surface area contributed by atoms with Crippen molar-refractivity contribution in [2.24, 2.45) is 5.73 Å². The Morgan fingerprint density at radius 3 is 2.00 bits per heavy atom. The van der Waals surface area contributed by atoms with Crippen molar-refractivity contribution in [3.8, 4) is 0 Å². The molecule has 2 fully saturated rings. The molecule has 1 aromatic heterocycles. The molecule has 1 aliphatic carbocycles. The number of urea groups is 1. The molecule has 1 aromatic carbocycles. The highest BCUT2D eigenvalue weighted by atomic mass is 35.5. The number of likely N-dealkylation sites (tertiary alicyclic amines) is 1. The van der Waals surface area contributed by atoms with Crippen LogP contribution in [-0.2, 0) is 6.18 Å². The fourth-order valence-corrected chi connectivity index (χ4v) is 3.51. The number of halogens is 5. The van der Waals surface area contributed by atoms with Gasteiger partial charge in [0.15, 0.2) is 0 Å². The second kappa shape index (κ2) is 10.3. The Balaban J connectivity index is 0.000000190. The Bertz CT molecular complexity index is 881. The number of benzene rings is 1. The van der Waals surface area contributed by atoms with Crippen molar-refractivity contribution in [3.63, 3.8) is 0 Å². The topological polar surface area (TPSA) is 85.2 Å². The molecule has 4 N–H and O–H groups in total. The number of carbonyl (C=O) groups is 1. The number of aromatic nitrogens is 1. The maximum Gasteiger partial charge on any atom is 0.433 e. The lowest BCUT2D eigenvalue weighted by Gasteiger charge is -2.40. The number of anilines is 1. The Morgan fingerprint density at radius 1 is 1.10 bits per heavy atom. The molecule has 2 aromatic rings. The number of rotatable bonds is 0. The van der Waals surface area contributed by atoms with E-state index in [9.17, 15) is 22.4 Å². The first-order valence-electron chi connectivity index (χ1n) is 10.1. The molecule has 0 bridgehead atoms. The summed E-state index contributed by atoms with van der Waals surface area (Å²) in [5.41, 5.74) is 8.35. The maximum atomic E-state index is 12.6. The van der Waals surface area contributed by atoms with Crippen molar-refractivity contribution in [3.05, 3.63) is 35.0 Å². The lowest BCUT2D eigenvalue weighted by molar-refractivity contribution is -0.140. The first kappa shape index (κ1) is 25.0. The van der Waals surface area contributed by atoms with E-state index in [2.05, 4.69) is 4.98 Å². The number of alkyl halides is 4. The molecule has 1 aliphatic heterocycles. The van der Waals surface area contributed by atoms with Gasteiger partial charge in [-0.05, 0) is 31.2 Å². The van der Waals surface area contributed by atoms with E-state index >= 15 is 0 Å². The summed E-state index contributed by atoms with van der Waals surface area (Å²) in [7, 11) is 0. The zero-order chi connectivity index (χ0) is 23.2. The van der Waals surface area contributed by atoms with Gasteiger partial charge in [0.2, 0.25) is 0 Å². The minimum atomic E-state index is -4.50. The molecule has 2 amide bonds. The SMILES string of the molecule is C1CCCCC1.CC1(F)CN(C(N)=O)C1.Nc1cc(C(F)(F)F)nc2ccc(Cl)cc12. The van der Waals surface area contributed by atoms with Crippen LogP contribution >= 0.6 is 11.6 Å². The number of nitrogen functional groups attached to an aromatic ring is 1. The Kier molecular flexibility index (Phi) is 8.34. The molecule has 1 saturated heterocycles. The molecule has 4 rings (SSSR count). The predicted octanol–water partition coefficient (Wildman–Crippen LogP) is 5.94. The number of carbonyl (C=O) groups excluding carboxylic acids is 1. The van der Waals surface area contributed by atoms with Gasteiger partial charge >= 0.3 is 12.2 Å². The van der Waals surface area contributed by atoms with Crippen LogP contribution in [0.2, 0.25) is 5.02 Å². The quantitative estimate of drug-likeness (QED) is 0.475. The van der Waals surface area contributed by atoms with E-state index in [0.29, 0.717) is 10.4 Å². The number of hydrogen-bond donors (Lipinski definition) is 2. The molecule has 31 heavy (non-hydrogen) atoms. The Morgan fingerprint density at radius 2 is 1.61 bits per heavy atom. The van der Waals surface area contributed by atoms with Crippen LogP contribution in [-0.4, -0.2) is 34.7 Å². The highest BCUT2D eigenvalue weighted by Gasteiger charge is 2.40. The van der Waals surface area contributed by atoms with E-state index in [0.717, 1.165) is 6.07 Å². The normalized spacial score (nSPS) is 17.5. The van der Waals surface area contributed by atoms with E-state index < -0.39 is 23.6 Å². The number of amides is 2. The van der Waals surface area contributed by atoms with Gasteiger partial charge in [0.1, 0.15) is 11.4 Å². The van der Waals surface area contributed by atoms with Crippen molar-refractivity contribution in [1.29, 1.82) is 0 Å². The lowest BCUT2D eigenvalue weighted by Crippen LogP contribution is -2.60. The summed E-state index contributed by atoms with van der Waals surface area (Å²) in [4.78, 5) is 15.0. The van der Waals surface area contributed by atoms with Crippen molar-refractivity contribution in [1.82, 2.24) is 9.88 Å². The largest absolute Gasteiger partial charge is 0.433 e. The molecule has 0 unspecified atom stereocenters.